The minimum absolute atomic E-state index is 0.0504. The Morgan fingerprint density at radius 3 is 2.67 bits per heavy atom. The highest BCUT2D eigenvalue weighted by molar-refractivity contribution is 5.42. The lowest BCUT2D eigenvalue weighted by atomic mass is 9.94. The van der Waals surface area contributed by atoms with Crippen LogP contribution < -0.4 is 10.1 Å². The molecule has 0 spiro atoms. The average Bonchev–Trinajstić information content (AvgIpc) is 2.71. The van der Waals surface area contributed by atoms with Crippen LogP contribution in [0.5, 0.6) is 5.75 Å². The quantitative estimate of drug-likeness (QED) is 0.772. The largest absolute Gasteiger partial charge is 0.487 e. The van der Waals surface area contributed by atoms with Gasteiger partial charge in [0.05, 0.1) is 0 Å². The number of rotatable bonds is 7. The molecule has 1 aromatic carbocycles. The number of hydrogen-bond donors (Lipinski definition) is 1. The molecule has 0 bridgehead atoms. The Morgan fingerprint density at radius 1 is 1.24 bits per heavy atom. The molecule has 1 aliphatic heterocycles. The molecule has 0 aliphatic carbocycles. The van der Waals surface area contributed by atoms with Crippen LogP contribution in [0.1, 0.15) is 71.0 Å². The summed E-state index contributed by atoms with van der Waals surface area (Å²) in [6, 6.07) is 7.24. The fraction of sp³-hybridized carbons (Fsp3) is 0.684. The summed E-state index contributed by atoms with van der Waals surface area (Å²) in [5.74, 6) is 1.83. The normalized spacial score (nSPS) is 17.6. The van der Waals surface area contributed by atoms with Crippen LogP contribution in [0.15, 0.2) is 18.2 Å². The van der Waals surface area contributed by atoms with Gasteiger partial charge in [0, 0.05) is 12.5 Å². The van der Waals surface area contributed by atoms with Crippen LogP contribution in [0.2, 0.25) is 0 Å². The first-order chi connectivity index (χ1) is 9.91. The summed E-state index contributed by atoms with van der Waals surface area (Å²) in [6.45, 7) is 12.2. The summed E-state index contributed by atoms with van der Waals surface area (Å²) in [4.78, 5) is 0. The van der Waals surface area contributed by atoms with Gasteiger partial charge in [-0.1, -0.05) is 32.9 Å². The molecule has 2 rings (SSSR count). The van der Waals surface area contributed by atoms with E-state index in [9.17, 15) is 0 Å². The summed E-state index contributed by atoms with van der Waals surface area (Å²) in [5, 5.41) is 3.71. The third kappa shape index (κ3) is 4.47. The van der Waals surface area contributed by atoms with E-state index in [1.807, 2.05) is 0 Å². The van der Waals surface area contributed by atoms with Crippen LogP contribution in [0.4, 0.5) is 0 Å². The highest BCUT2D eigenvalue weighted by Crippen LogP contribution is 2.36. The van der Waals surface area contributed by atoms with E-state index in [1.165, 1.54) is 30.4 Å². The SMILES string of the molecule is CCCNC(CCC(C)C)c1ccc2c(c1)CC(C)(C)O2. The van der Waals surface area contributed by atoms with Crippen molar-refractivity contribution in [2.75, 3.05) is 6.54 Å². The Balaban J connectivity index is 2.13. The molecule has 0 aromatic heterocycles. The lowest BCUT2D eigenvalue weighted by Crippen LogP contribution is -2.24. The van der Waals surface area contributed by atoms with E-state index in [-0.39, 0.29) is 5.60 Å². The number of hydrogen-bond acceptors (Lipinski definition) is 2. The molecule has 1 N–H and O–H groups in total. The molecule has 21 heavy (non-hydrogen) atoms. The van der Waals surface area contributed by atoms with Crippen LogP contribution in [-0.4, -0.2) is 12.1 Å². The molecule has 0 saturated carbocycles. The van der Waals surface area contributed by atoms with Gasteiger partial charge in [0.1, 0.15) is 11.4 Å². The molecule has 1 aliphatic rings. The predicted molar refractivity (Wildman–Crippen MR) is 90.0 cm³/mol. The van der Waals surface area contributed by atoms with Gasteiger partial charge in [-0.25, -0.2) is 0 Å². The molecule has 1 unspecified atom stereocenters. The zero-order valence-electron chi connectivity index (χ0n) is 14.3. The minimum Gasteiger partial charge on any atom is -0.487 e. The van der Waals surface area contributed by atoms with Crippen LogP contribution in [0.3, 0.4) is 0 Å². The van der Waals surface area contributed by atoms with E-state index in [2.05, 4.69) is 58.1 Å². The molecule has 2 heteroatoms. The van der Waals surface area contributed by atoms with Gasteiger partial charge in [0.2, 0.25) is 0 Å². The van der Waals surface area contributed by atoms with Crippen molar-refractivity contribution in [3.05, 3.63) is 29.3 Å². The molecule has 1 heterocycles. The predicted octanol–water partition coefficient (Wildman–Crippen LogP) is 4.88. The highest BCUT2D eigenvalue weighted by atomic mass is 16.5. The smallest absolute Gasteiger partial charge is 0.123 e. The van der Waals surface area contributed by atoms with E-state index in [0.717, 1.165) is 24.6 Å². The Kier molecular flexibility index (Phi) is 5.32. The monoisotopic (exact) mass is 289 g/mol. The molecule has 1 aromatic rings. The topological polar surface area (TPSA) is 21.3 Å². The summed E-state index contributed by atoms with van der Waals surface area (Å²) in [7, 11) is 0. The average molecular weight is 289 g/mol. The van der Waals surface area contributed by atoms with Crippen molar-refractivity contribution in [1.29, 1.82) is 0 Å². The maximum absolute atomic E-state index is 5.99. The van der Waals surface area contributed by atoms with Crippen LogP contribution in [-0.2, 0) is 6.42 Å². The summed E-state index contributed by atoms with van der Waals surface area (Å²) < 4.78 is 5.99. The molecular weight excluding hydrogens is 258 g/mol. The standard InChI is InChI=1S/C19H31NO/c1-6-11-20-17(9-7-14(2)3)15-8-10-18-16(12-15)13-19(4,5)21-18/h8,10,12,14,17,20H,6-7,9,11,13H2,1-5H3. The third-order valence-electron chi connectivity index (χ3n) is 4.16. The highest BCUT2D eigenvalue weighted by Gasteiger charge is 2.30. The second kappa shape index (κ2) is 6.83. The van der Waals surface area contributed by atoms with E-state index >= 15 is 0 Å². The van der Waals surface area contributed by atoms with Gasteiger partial charge >= 0.3 is 0 Å². The number of ether oxygens (including phenoxy) is 1. The van der Waals surface area contributed by atoms with E-state index < -0.39 is 0 Å². The van der Waals surface area contributed by atoms with Gasteiger partial charge in [-0.3, -0.25) is 0 Å². The summed E-state index contributed by atoms with van der Waals surface area (Å²) in [6.07, 6.45) is 4.67. The van der Waals surface area contributed by atoms with Crippen molar-refractivity contribution < 1.29 is 4.74 Å². The fourth-order valence-electron chi connectivity index (χ4n) is 3.05. The van der Waals surface area contributed by atoms with Crippen molar-refractivity contribution in [3.8, 4) is 5.75 Å². The molecule has 1 atom stereocenters. The summed E-state index contributed by atoms with van der Waals surface area (Å²) in [5.41, 5.74) is 2.74. The number of fused-ring (bicyclic) bond motifs is 1. The molecule has 0 radical (unpaired) electrons. The van der Waals surface area contributed by atoms with E-state index in [0.29, 0.717) is 6.04 Å². The second-order valence-corrected chi connectivity index (χ2v) is 7.38. The summed E-state index contributed by atoms with van der Waals surface area (Å²) >= 11 is 0. The third-order valence-corrected chi connectivity index (χ3v) is 4.16. The maximum Gasteiger partial charge on any atom is 0.123 e. The number of benzene rings is 1. The van der Waals surface area contributed by atoms with Crippen LogP contribution in [0.25, 0.3) is 0 Å². The second-order valence-electron chi connectivity index (χ2n) is 7.38. The molecular formula is C19H31NO. The van der Waals surface area contributed by atoms with Gasteiger partial charge in [-0.2, -0.15) is 0 Å². The fourth-order valence-corrected chi connectivity index (χ4v) is 3.05. The first-order valence-electron chi connectivity index (χ1n) is 8.46. The van der Waals surface area contributed by atoms with Crippen molar-refractivity contribution in [2.24, 2.45) is 5.92 Å². The van der Waals surface area contributed by atoms with Crippen molar-refractivity contribution in [1.82, 2.24) is 5.32 Å². The van der Waals surface area contributed by atoms with E-state index in [4.69, 9.17) is 4.74 Å². The van der Waals surface area contributed by atoms with Crippen molar-refractivity contribution in [2.45, 2.75) is 71.9 Å². The number of nitrogens with one attached hydrogen (secondary N) is 1. The molecule has 118 valence electrons. The van der Waals surface area contributed by atoms with Gasteiger partial charge in [0.15, 0.2) is 0 Å². The Labute approximate surface area is 130 Å². The van der Waals surface area contributed by atoms with Gasteiger partial charge in [-0.15, -0.1) is 0 Å². The Hall–Kier alpha value is -1.02. The zero-order chi connectivity index (χ0) is 15.5. The van der Waals surface area contributed by atoms with Crippen molar-refractivity contribution >= 4 is 0 Å². The van der Waals surface area contributed by atoms with Gasteiger partial charge in [0.25, 0.3) is 0 Å². The van der Waals surface area contributed by atoms with Crippen LogP contribution in [0, 0.1) is 5.92 Å². The lowest BCUT2D eigenvalue weighted by molar-refractivity contribution is 0.138. The molecule has 0 saturated heterocycles. The van der Waals surface area contributed by atoms with E-state index in [1.54, 1.807) is 0 Å². The lowest BCUT2D eigenvalue weighted by Gasteiger charge is -2.20. The maximum atomic E-state index is 5.99. The first kappa shape index (κ1) is 16.4. The molecule has 0 amide bonds. The molecule has 0 fully saturated rings. The van der Waals surface area contributed by atoms with Crippen molar-refractivity contribution in [3.63, 3.8) is 0 Å². The zero-order valence-corrected chi connectivity index (χ0v) is 14.3. The van der Waals surface area contributed by atoms with Crippen LogP contribution >= 0.6 is 0 Å². The Bertz CT molecular complexity index is 465. The molecule has 2 nitrogen and oxygen atoms in total. The minimum atomic E-state index is -0.0504. The Morgan fingerprint density at radius 2 is 2.00 bits per heavy atom. The van der Waals surface area contributed by atoms with Gasteiger partial charge in [-0.05, 0) is 62.8 Å². The first-order valence-corrected chi connectivity index (χ1v) is 8.46. The van der Waals surface area contributed by atoms with Gasteiger partial charge < -0.3 is 10.1 Å².